The van der Waals surface area contributed by atoms with Crippen molar-refractivity contribution in [3.63, 3.8) is 0 Å². The molecule has 1 aliphatic heterocycles. The number of hydrogen-bond donors (Lipinski definition) is 1. The van der Waals surface area contributed by atoms with E-state index in [0.29, 0.717) is 0 Å². The molecule has 0 bridgehead atoms. The summed E-state index contributed by atoms with van der Waals surface area (Å²) in [6, 6.07) is 2.21. The zero-order chi connectivity index (χ0) is 10.6. The number of hydrogen-bond acceptors (Lipinski definition) is 4. The van der Waals surface area contributed by atoms with Crippen molar-refractivity contribution < 1.29 is 0 Å². The lowest BCUT2D eigenvalue weighted by Gasteiger charge is -2.35. The van der Waals surface area contributed by atoms with Crippen LogP contribution >= 0.6 is 0 Å². The van der Waals surface area contributed by atoms with Gasteiger partial charge in [0.25, 0.3) is 0 Å². The van der Waals surface area contributed by atoms with Crippen molar-refractivity contribution >= 4 is 0 Å². The highest BCUT2D eigenvalue weighted by atomic mass is 15.2. The Bertz CT molecular complexity index is 211. The van der Waals surface area contributed by atoms with Gasteiger partial charge >= 0.3 is 0 Å². The van der Waals surface area contributed by atoms with Gasteiger partial charge in [0.05, 0.1) is 6.07 Å². The van der Waals surface area contributed by atoms with Gasteiger partial charge in [0.1, 0.15) is 5.54 Å². The lowest BCUT2D eigenvalue weighted by Crippen LogP contribution is -2.50. The van der Waals surface area contributed by atoms with Crippen LogP contribution in [0.5, 0.6) is 0 Å². The Morgan fingerprint density at radius 2 is 2.00 bits per heavy atom. The van der Waals surface area contributed by atoms with Gasteiger partial charge in [-0.05, 0) is 26.9 Å². The Labute approximate surface area is 86.3 Å². The Morgan fingerprint density at radius 3 is 2.43 bits per heavy atom. The first kappa shape index (κ1) is 11.4. The molecule has 1 rings (SSSR count). The molecule has 1 fully saturated rings. The molecular weight excluding hydrogens is 176 g/mol. The molecule has 14 heavy (non-hydrogen) atoms. The quantitative estimate of drug-likeness (QED) is 0.683. The van der Waals surface area contributed by atoms with E-state index in [2.05, 4.69) is 30.0 Å². The average molecular weight is 196 g/mol. The van der Waals surface area contributed by atoms with Crippen LogP contribution in [0.4, 0.5) is 0 Å². The van der Waals surface area contributed by atoms with Crippen LogP contribution < -0.4 is 5.73 Å². The van der Waals surface area contributed by atoms with E-state index in [1.54, 1.807) is 0 Å². The summed E-state index contributed by atoms with van der Waals surface area (Å²) < 4.78 is 0. The number of nitriles is 1. The standard InChI is InChI=1S/C10H20N4/c1-13(2)7-8-14-5-3-10(12,9-11)4-6-14/h3-8,12H2,1-2H3. The van der Waals surface area contributed by atoms with Gasteiger partial charge in [0.2, 0.25) is 0 Å². The zero-order valence-corrected chi connectivity index (χ0v) is 9.16. The van der Waals surface area contributed by atoms with Crippen LogP contribution in [0.2, 0.25) is 0 Å². The van der Waals surface area contributed by atoms with Crippen LogP contribution in [0.25, 0.3) is 0 Å². The van der Waals surface area contributed by atoms with Crippen molar-refractivity contribution in [1.82, 2.24) is 9.80 Å². The van der Waals surface area contributed by atoms with Crippen LogP contribution in [0, 0.1) is 11.3 Å². The maximum Gasteiger partial charge on any atom is 0.106 e. The average Bonchev–Trinajstić information content (AvgIpc) is 2.17. The summed E-state index contributed by atoms with van der Waals surface area (Å²) in [6.45, 7) is 4.06. The molecule has 0 aromatic heterocycles. The monoisotopic (exact) mass is 196 g/mol. The molecule has 4 heteroatoms. The predicted molar refractivity (Wildman–Crippen MR) is 56.8 cm³/mol. The smallest absolute Gasteiger partial charge is 0.106 e. The summed E-state index contributed by atoms with van der Waals surface area (Å²) in [5.74, 6) is 0. The molecule has 2 N–H and O–H groups in total. The molecular formula is C10H20N4. The second kappa shape index (κ2) is 4.74. The molecule has 80 valence electrons. The Hall–Kier alpha value is -0.630. The Balaban J connectivity index is 2.26. The van der Waals surface area contributed by atoms with Crippen molar-refractivity contribution in [3.8, 4) is 6.07 Å². The highest BCUT2D eigenvalue weighted by Gasteiger charge is 2.30. The van der Waals surface area contributed by atoms with E-state index in [4.69, 9.17) is 11.0 Å². The lowest BCUT2D eigenvalue weighted by molar-refractivity contribution is 0.174. The van der Waals surface area contributed by atoms with E-state index in [1.165, 1.54) is 0 Å². The van der Waals surface area contributed by atoms with E-state index in [1.807, 2.05) is 0 Å². The fourth-order valence-electron chi connectivity index (χ4n) is 1.63. The van der Waals surface area contributed by atoms with Gasteiger partial charge in [0.15, 0.2) is 0 Å². The van der Waals surface area contributed by atoms with Gasteiger partial charge in [-0.1, -0.05) is 0 Å². The maximum atomic E-state index is 8.85. The van der Waals surface area contributed by atoms with Crippen LogP contribution in [0.3, 0.4) is 0 Å². The molecule has 0 amide bonds. The van der Waals surface area contributed by atoms with E-state index in [0.717, 1.165) is 39.0 Å². The minimum Gasteiger partial charge on any atom is -0.313 e. The van der Waals surface area contributed by atoms with Gasteiger partial charge in [0, 0.05) is 26.2 Å². The van der Waals surface area contributed by atoms with Crippen molar-refractivity contribution in [3.05, 3.63) is 0 Å². The number of rotatable bonds is 3. The molecule has 0 radical (unpaired) electrons. The van der Waals surface area contributed by atoms with Crippen molar-refractivity contribution in [2.75, 3.05) is 40.3 Å². The van der Waals surface area contributed by atoms with E-state index in [-0.39, 0.29) is 0 Å². The second-order valence-corrected chi connectivity index (χ2v) is 4.41. The summed E-state index contributed by atoms with van der Waals surface area (Å²) in [6.07, 6.45) is 1.61. The second-order valence-electron chi connectivity index (χ2n) is 4.41. The summed E-state index contributed by atoms with van der Waals surface area (Å²) in [7, 11) is 4.15. The van der Waals surface area contributed by atoms with E-state index in [9.17, 15) is 0 Å². The van der Waals surface area contributed by atoms with Gasteiger partial charge < -0.3 is 15.5 Å². The molecule has 0 unspecified atom stereocenters. The van der Waals surface area contributed by atoms with Crippen molar-refractivity contribution in [1.29, 1.82) is 5.26 Å². The number of nitrogens with two attached hydrogens (primary N) is 1. The fourth-order valence-corrected chi connectivity index (χ4v) is 1.63. The molecule has 0 aromatic rings. The third-order valence-corrected chi connectivity index (χ3v) is 2.83. The minimum atomic E-state index is -0.561. The molecule has 1 aliphatic rings. The largest absolute Gasteiger partial charge is 0.313 e. The predicted octanol–water partition coefficient (Wildman–Crippen LogP) is -0.135. The third-order valence-electron chi connectivity index (χ3n) is 2.83. The molecule has 0 saturated carbocycles. The first-order chi connectivity index (χ1) is 6.56. The summed E-state index contributed by atoms with van der Waals surface area (Å²) >= 11 is 0. The number of piperidine rings is 1. The van der Waals surface area contributed by atoms with Gasteiger partial charge in [-0.3, -0.25) is 0 Å². The first-order valence-corrected chi connectivity index (χ1v) is 5.13. The van der Waals surface area contributed by atoms with Crippen LogP contribution in [-0.2, 0) is 0 Å². The maximum absolute atomic E-state index is 8.85. The fraction of sp³-hybridized carbons (Fsp3) is 0.900. The Morgan fingerprint density at radius 1 is 1.43 bits per heavy atom. The zero-order valence-electron chi connectivity index (χ0n) is 9.16. The third kappa shape index (κ3) is 3.26. The molecule has 4 nitrogen and oxygen atoms in total. The number of nitrogens with zero attached hydrogens (tertiary/aromatic N) is 3. The minimum absolute atomic E-state index is 0.561. The van der Waals surface area contributed by atoms with Crippen LogP contribution in [0.1, 0.15) is 12.8 Å². The molecule has 0 aromatic carbocycles. The SMILES string of the molecule is CN(C)CCN1CCC(N)(C#N)CC1. The van der Waals surface area contributed by atoms with Crippen LogP contribution in [0.15, 0.2) is 0 Å². The molecule has 0 spiro atoms. The first-order valence-electron chi connectivity index (χ1n) is 5.13. The van der Waals surface area contributed by atoms with Crippen molar-refractivity contribution in [2.45, 2.75) is 18.4 Å². The summed E-state index contributed by atoms with van der Waals surface area (Å²) in [5.41, 5.74) is 5.32. The van der Waals surface area contributed by atoms with Crippen LogP contribution in [-0.4, -0.2) is 55.6 Å². The molecule has 0 atom stereocenters. The van der Waals surface area contributed by atoms with Gasteiger partial charge in [-0.25, -0.2) is 0 Å². The molecule has 0 aliphatic carbocycles. The van der Waals surface area contributed by atoms with E-state index >= 15 is 0 Å². The molecule has 1 heterocycles. The highest BCUT2D eigenvalue weighted by Crippen LogP contribution is 2.18. The lowest BCUT2D eigenvalue weighted by atomic mass is 9.90. The van der Waals surface area contributed by atoms with Crippen molar-refractivity contribution in [2.24, 2.45) is 5.73 Å². The topological polar surface area (TPSA) is 56.3 Å². The number of likely N-dealkylation sites (tertiary alicyclic amines) is 1. The highest BCUT2D eigenvalue weighted by molar-refractivity contribution is 5.07. The summed E-state index contributed by atoms with van der Waals surface area (Å²) in [5, 5.41) is 8.85. The normalized spacial score (nSPS) is 22.2. The van der Waals surface area contributed by atoms with Gasteiger partial charge in [-0.15, -0.1) is 0 Å². The molecule has 1 saturated heterocycles. The Kier molecular flexibility index (Phi) is 3.87. The summed E-state index contributed by atoms with van der Waals surface area (Å²) in [4.78, 5) is 4.55. The van der Waals surface area contributed by atoms with Gasteiger partial charge in [-0.2, -0.15) is 5.26 Å². The number of likely N-dealkylation sites (N-methyl/N-ethyl adjacent to an activating group) is 1. The van der Waals surface area contributed by atoms with E-state index < -0.39 is 5.54 Å².